The average Bonchev–Trinajstić information content (AvgIpc) is 2.20. The van der Waals surface area contributed by atoms with Crippen molar-refractivity contribution >= 4 is 29.2 Å². The monoisotopic (exact) mass is 253 g/mol. The molecule has 2 aromatic heterocycles. The summed E-state index contributed by atoms with van der Waals surface area (Å²) in [6.45, 7) is 1.87. The van der Waals surface area contributed by atoms with E-state index in [0.717, 1.165) is 5.69 Å². The first-order valence-corrected chi connectivity index (χ1v) is 5.59. The van der Waals surface area contributed by atoms with E-state index in [9.17, 15) is 0 Å². The maximum Gasteiger partial charge on any atom is 0.197 e. The molecule has 0 unspecified atom stereocenters. The fraction of sp³-hybridized carbons (Fsp3) is 0.111. The Morgan fingerprint density at radius 3 is 2.69 bits per heavy atom. The lowest BCUT2D eigenvalue weighted by atomic mass is 10.5. The summed E-state index contributed by atoms with van der Waals surface area (Å²) in [4.78, 5) is 16.3. The van der Waals surface area contributed by atoms with Crippen molar-refractivity contribution < 1.29 is 0 Å². The minimum atomic E-state index is 0.315. The van der Waals surface area contributed by atoms with E-state index in [1.54, 1.807) is 12.4 Å². The van der Waals surface area contributed by atoms with Crippen LogP contribution < -0.4 is 5.73 Å². The number of halogens is 1. The number of rotatable bonds is 2. The van der Waals surface area contributed by atoms with Crippen LogP contribution in [0.15, 0.2) is 28.6 Å². The van der Waals surface area contributed by atoms with Crippen molar-refractivity contribution in [3.05, 3.63) is 29.3 Å². The summed E-state index contributed by atoms with van der Waals surface area (Å²) >= 11 is 7.03. The van der Waals surface area contributed by atoms with Crippen molar-refractivity contribution in [2.24, 2.45) is 0 Å². The summed E-state index contributed by atoms with van der Waals surface area (Å²) in [6, 6.07) is 1.49. The first kappa shape index (κ1) is 11.1. The van der Waals surface area contributed by atoms with Crippen LogP contribution in [-0.4, -0.2) is 19.9 Å². The third kappa shape index (κ3) is 2.80. The summed E-state index contributed by atoms with van der Waals surface area (Å²) in [5.41, 5.74) is 6.41. The van der Waals surface area contributed by atoms with E-state index in [0.29, 0.717) is 21.2 Å². The number of nitrogens with two attached hydrogens (primary N) is 1. The van der Waals surface area contributed by atoms with Gasteiger partial charge in [-0.3, -0.25) is 4.98 Å². The Balaban J connectivity index is 2.23. The van der Waals surface area contributed by atoms with E-state index < -0.39 is 0 Å². The van der Waals surface area contributed by atoms with Gasteiger partial charge in [-0.2, -0.15) is 0 Å². The highest BCUT2D eigenvalue weighted by atomic mass is 35.5. The maximum absolute atomic E-state index is 5.76. The SMILES string of the molecule is Cc1cnc(Sc2nc(N)cc(Cl)n2)cn1. The van der Waals surface area contributed by atoms with Crippen LogP contribution in [-0.2, 0) is 0 Å². The molecule has 2 aromatic rings. The summed E-state index contributed by atoms with van der Waals surface area (Å²) < 4.78 is 0. The van der Waals surface area contributed by atoms with Crippen LogP contribution >= 0.6 is 23.4 Å². The normalized spacial score (nSPS) is 10.4. The standard InChI is InChI=1S/C9H8ClN5S/c1-5-3-13-8(4-12-5)16-9-14-6(10)2-7(11)15-9/h2-4H,1H3,(H2,11,14,15). The molecule has 0 spiro atoms. The Hall–Kier alpha value is -1.40. The van der Waals surface area contributed by atoms with Crippen LogP contribution in [0.5, 0.6) is 0 Å². The predicted molar refractivity (Wildman–Crippen MR) is 62.3 cm³/mol. The van der Waals surface area contributed by atoms with Crippen molar-refractivity contribution in [1.29, 1.82) is 0 Å². The van der Waals surface area contributed by atoms with E-state index in [2.05, 4.69) is 19.9 Å². The van der Waals surface area contributed by atoms with E-state index in [1.165, 1.54) is 17.8 Å². The highest BCUT2D eigenvalue weighted by molar-refractivity contribution is 7.99. The third-order valence-electron chi connectivity index (χ3n) is 1.65. The molecule has 0 fully saturated rings. The van der Waals surface area contributed by atoms with Gasteiger partial charge in [-0.25, -0.2) is 15.0 Å². The molecule has 82 valence electrons. The second-order valence-corrected chi connectivity index (χ2v) is 4.37. The molecule has 0 saturated heterocycles. The van der Waals surface area contributed by atoms with E-state index in [4.69, 9.17) is 17.3 Å². The summed E-state index contributed by atoms with van der Waals surface area (Å²) in [6.07, 6.45) is 3.33. The molecule has 2 rings (SSSR count). The van der Waals surface area contributed by atoms with E-state index >= 15 is 0 Å². The fourth-order valence-electron chi connectivity index (χ4n) is 0.986. The van der Waals surface area contributed by atoms with Crippen LogP contribution in [0.4, 0.5) is 5.82 Å². The molecule has 7 heteroatoms. The second kappa shape index (κ2) is 4.63. The number of aromatic nitrogens is 4. The molecule has 0 bridgehead atoms. The Kier molecular flexibility index (Phi) is 3.21. The van der Waals surface area contributed by atoms with Crippen molar-refractivity contribution in [2.45, 2.75) is 17.1 Å². The predicted octanol–water partition coefficient (Wildman–Crippen LogP) is 1.96. The maximum atomic E-state index is 5.76. The number of hydrogen-bond acceptors (Lipinski definition) is 6. The lowest BCUT2D eigenvalue weighted by Gasteiger charge is -2.01. The van der Waals surface area contributed by atoms with Gasteiger partial charge < -0.3 is 5.73 Å². The first-order valence-electron chi connectivity index (χ1n) is 4.40. The molecule has 0 aliphatic rings. The van der Waals surface area contributed by atoms with Crippen molar-refractivity contribution in [3.63, 3.8) is 0 Å². The van der Waals surface area contributed by atoms with Crippen molar-refractivity contribution in [1.82, 2.24) is 19.9 Å². The summed E-state index contributed by atoms with van der Waals surface area (Å²) in [5.74, 6) is 0.336. The lowest BCUT2D eigenvalue weighted by Crippen LogP contribution is -1.95. The molecular weight excluding hydrogens is 246 g/mol. The van der Waals surface area contributed by atoms with Crippen LogP contribution in [0, 0.1) is 6.92 Å². The minimum absolute atomic E-state index is 0.315. The molecule has 0 atom stereocenters. The molecule has 0 radical (unpaired) electrons. The Bertz CT molecular complexity index is 482. The zero-order valence-electron chi connectivity index (χ0n) is 8.38. The Labute approximate surface area is 101 Å². The molecule has 16 heavy (non-hydrogen) atoms. The van der Waals surface area contributed by atoms with Gasteiger partial charge in [0.1, 0.15) is 16.0 Å². The van der Waals surface area contributed by atoms with Crippen molar-refractivity contribution in [2.75, 3.05) is 5.73 Å². The van der Waals surface area contributed by atoms with Gasteiger partial charge in [-0.1, -0.05) is 11.6 Å². The number of anilines is 1. The molecule has 2 heterocycles. The Morgan fingerprint density at radius 2 is 2.06 bits per heavy atom. The fourth-order valence-corrected chi connectivity index (χ4v) is 1.92. The highest BCUT2D eigenvalue weighted by Gasteiger charge is 2.04. The molecule has 0 saturated carbocycles. The van der Waals surface area contributed by atoms with Gasteiger partial charge >= 0.3 is 0 Å². The highest BCUT2D eigenvalue weighted by Crippen LogP contribution is 2.23. The topological polar surface area (TPSA) is 77.6 Å². The molecule has 0 amide bonds. The van der Waals surface area contributed by atoms with Gasteiger partial charge in [-0.15, -0.1) is 0 Å². The van der Waals surface area contributed by atoms with Crippen LogP contribution in [0.25, 0.3) is 0 Å². The minimum Gasteiger partial charge on any atom is -0.384 e. The summed E-state index contributed by atoms with van der Waals surface area (Å²) in [7, 11) is 0. The van der Waals surface area contributed by atoms with Gasteiger partial charge in [0.25, 0.3) is 0 Å². The first-order chi connectivity index (χ1) is 7.63. The number of aryl methyl sites for hydroxylation is 1. The molecular formula is C9H8ClN5S. The van der Waals surface area contributed by atoms with Gasteiger partial charge in [0, 0.05) is 12.3 Å². The van der Waals surface area contributed by atoms with Gasteiger partial charge in [0.2, 0.25) is 0 Å². The van der Waals surface area contributed by atoms with Gasteiger partial charge in [0.05, 0.1) is 11.9 Å². The van der Waals surface area contributed by atoms with E-state index in [1.807, 2.05) is 6.92 Å². The second-order valence-electron chi connectivity index (χ2n) is 3.00. The molecule has 0 aliphatic heterocycles. The van der Waals surface area contributed by atoms with Gasteiger partial charge in [-0.05, 0) is 18.7 Å². The molecule has 5 nitrogen and oxygen atoms in total. The number of hydrogen-bond donors (Lipinski definition) is 1. The smallest absolute Gasteiger partial charge is 0.197 e. The van der Waals surface area contributed by atoms with Crippen molar-refractivity contribution in [3.8, 4) is 0 Å². The number of nitrogen functional groups attached to an aromatic ring is 1. The largest absolute Gasteiger partial charge is 0.384 e. The third-order valence-corrected chi connectivity index (χ3v) is 2.63. The molecule has 0 aliphatic carbocycles. The van der Waals surface area contributed by atoms with Crippen LogP contribution in [0.3, 0.4) is 0 Å². The average molecular weight is 254 g/mol. The zero-order valence-corrected chi connectivity index (χ0v) is 9.96. The molecule has 0 aromatic carbocycles. The summed E-state index contributed by atoms with van der Waals surface area (Å²) in [5, 5.41) is 1.48. The number of nitrogens with zero attached hydrogens (tertiary/aromatic N) is 4. The lowest BCUT2D eigenvalue weighted by molar-refractivity contribution is 0.956. The Morgan fingerprint density at radius 1 is 1.25 bits per heavy atom. The quantitative estimate of drug-likeness (QED) is 0.651. The molecule has 2 N–H and O–H groups in total. The van der Waals surface area contributed by atoms with Crippen LogP contribution in [0.1, 0.15) is 5.69 Å². The van der Waals surface area contributed by atoms with Crippen LogP contribution in [0.2, 0.25) is 5.15 Å². The van der Waals surface area contributed by atoms with Gasteiger partial charge in [0.15, 0.2) is 5.16 Å². The zero-order chi connectivity index (χ0) is 11.5. The van der Waals surface area contributed by atoms with E-state index in [-0.39, 0.29) is 0 Å².